The molecule has 108 valence electrons. The molecular weight excluding hydrogens is 242 g/mol. The van der Waals surface area contributed by atoms with Gasteiger partial charge in [-0.25, -0.2) is 0 Å². The van der Waals surface area contributed by atoms with Gasteiger partial charge in [0.15, 0.2) is 5.82 Å². The molecule has 1 aromatic heterocycles. The minimum absolute atomic E-state index is 0.268. The van der Waals surface area contributed by atoms with Crippen LogP contribution in [0.2, 0.25) is 0 Å². The maximum absolute atomic E-state index is 5.75. The van der Waals surface area contributed by atoms with Crippen LogP contribution in [0, 0.1) is 0 Å². The Morgan fingerprint density at radius 1 is 1.37 bits per heavy atom. The summed E-state index contributed by atoms with van der Waals surface area (Å²) in [5.41, 5.74) is 5.75. The summed E-state index contributed by atoms with van der Waals surface area (Å²) in [7, 11) is 0. The lowest BCUT2D eigenvalue weighted by Gasteiger charge is -2.18. The lowest BCUT2D eigenvalue weighted by atomic mass is 10.0. The van der Waals surface area contributed by atoms with Crippen molar-refractivity contribution < 1.29 is 9.26 Å². The average Bonchev–Trinajstić information content (AvgIpc) is 2.89. The number of aromatic nitrogens is 2. The van der Waals surface area contributed by atoms with Crippen LogP contribution in [0.15, 0.2) is 4.52 Å². The quantitative estimate of drug-likeness (QED) is 0.857. The fourth-order valence-electron chi connectivity index (χ4n) is 2.43. The first kappa shape index (κ1) is 14.5. The molecule has 1 aliphatic heterocycles. The zero-order chi connectivity index (χ0) is 13.7. The lowest BCUT2D eigenvalue weighted by molar-refractivity contribution is 0.0773. The fraction of sp³-hybridized carbons (Fsp3) is 0.857. The molecule has 0 amide bonds. The van der Waals surface area contributed by atoms with Crippen LogP contribution in [0.25, 0.3) is 0 Å². The number of ether oxygens (including phenoxy) is 1. The Labute approximate surface area is 114 Å². The van der Waals surface area contributed by atoms with Crippen LogP contribution in [-0.4, -0.2) is 29.4 Å². The van der Waals surface area contributed by atoms with E-state index in [1.54, 1.807) is 0 Å². The third-order valence-electron chi connectivity index (χ3n) is 3.70. The van der Waals surface area contributed by atoms with Gasteiger partial charge >= 0.3 is 0 Å². The molecule has 3 unspecified atom stereocenters. The Morgan fingerprint density at radius 3 is 2.89 bits per heavy atom. The van der Waals surface area contributed by atoms with E-state index in [1.165, 1.54) is 0 Å². The average molecular weight is 267 g/mol. The van der Waals surface area contributed by atoms with Crippen LogP contribution >= 0.6 is 0 Å². The zero-order valence-corrected chi connectivity index (χ0v) is 12.0. The number of hydrogen-bond acceptors (Lipinski definition) is 5. The van der Waals surface area contributed by atoms with Crippen molar-refractivity contribution in [1.82, 2.24) is 10.1 Å². The second-order valence-electron chi connectivity index (χ2n) is 5.71. The van der Waals surface area contributed by atoms with Gasteiger partial charge in [-0.05, 0) is 32.6 Å². The molecule has 3 atom stereocenters. The summed E-state index contributed by atoms with van der Waals surface area (Å²) in [5.74, 6) is 2.19. The van der Waals surface area contributed by atoms with Crippen LogP contribution < -0.4 is 5.73 Å². The number of rotatable bonds is 6. The molecule has 1 saturated heterocycles. The van der Waals surface area contributed by atoms with E-state index in [9.17, 15) is 0 Å². The minimum Gasteiger partial charge on any atom is -0.381 e. The minimum atomic E-state index is 0.268. The SMILES string of the molecule is CC(N)CCCC(C)c1nc(C2CCCOC2)no1. The topological polar surface area (TPSA) is 74.2 Å². The van der Waals surface area contributed by atoms with E-state index < -0.39 is 0 Å². The van der Waals surface area contributed by atoms with Crippen LogP contribution in [0.5, 0.6) is 0 Å². The molecule has 2 rings (SSSR count). The highest BCUT2D eigenvalue weighted by molar-refractivity contribution is 4.99. The molecule has 0 aromatic carbocycles. The van der Waals surface area contributed by atoms with Gasteiger partial charge in [-0.3, -0.25) is 0 Å². The Bertz CT molecular complexity index is 373. The third kappa shape index (κ3) is 4.28. The monoisotopic (exact) mass is 267 g/mol. The van der Waals surface area contributed by atoms with Crippen molar-refractivity contribution in [3.05, 3.63) is 11.7 Å². The van der Waals surface area contributed by atoms with Gasteiger partial charge in [-0.2, -0.15) is 4.98 Å². The van der Waals surface area contributed by atoms with Gasteiger partial charge in [0.2, 0.25) is 5.89 Å². The van der Waals surface area contributed by atoms with Crippen molar-refractivity contribution in [1.29, 1.82) is 0 Å². The second kappa shape index (κ2) is 7.01. The highest BCUT2D eigenvalue weighted by Gasteiger charge is 2.23. The van der Waals surface area contributed by atoms with Crippen molar-refractivity contribution in [2.24, 2.45) is 5.73 Å². The van der Waals surface area contributed by atoms with E-state index in [0.717, 1.165) is 57.0 Å². The maximum atomic E-state index is 5.75. The van der Waals surface area contributed by atoms with Crippen LogP contribution in [-0.2, 0) is 4.74 Å². The summed E-state index contributed by atoms with van der Waals surface area (Å²) in [6, 6.07) is 0.268. The van der Waals surface area contributed by atoms with Gasteiger partial charge in [0, 0.05) is 24.5 Å². The van der Waals surface area contributed by atoms with Gasteiger partial charge in [-0.15, -0.1) is 0 Å². The molecule has 5 nitrogen and oxygen atoms in total. The van der Waals surface area contributed by atoms with Crippen molar-refractivity contribution in [3.8, 4) is 0 Å². The van der Waals surface area contributed by atoms with Crippen LogP contribution in [0.1, 0.15) is 69.5 Å². The molecule has 0 saturated carbocycles. The molecule has 5 heteroatoms. The molecule has 1 aliphatic rings. The predicted molar refractivity (Wildman–Crippen MR) is 73.0 cm³/mol. The van der Waals surface area contributed by atoms with Crippen molar-refractivity contribution in [2.75, 3.05) is 13.2 Å². The molecule has 19 heavy (non-hydrogen) atoms. The van der Waals surface area contributed by atoms with E-state index >= 15 is 0 Å². The Morgan fingerprint density at radius 2 is 2.21 bits per heavy atom. The van der Waals surface area contributed by atoms with Gasteiger partial charge < -0.3 is 15.0 Å². The van der Waals surface area contributed by atoms with Gasteiger partial charge in [0.1, 0.15) is 0 Å². The zero-order valence-electron chi connectivity index (χ0n) is 12.0. The molecule has 2 N–H and O–H groups in total. The predicted octanol–water partition coefficient (Wildman–Crippen LogP) is 2.58. The molecular formula is C14H25N3O2. The summed E-state index contributed by atoms with van der Waals surface area (Å²) in [6.45, 7) is 5.75. The summed E-state index contributed by atoms with van der Waals surface area (Å²) in [5, 5.41) is 4.11. The summed E-state index contributed by atoms with van der Waals surface area (Å²) in [4.78, 5) is 4.54. The van der Waals surface area contributed by atoms with E-state index in [0.29, 0.717) is 11.8 Å². The molecule has 2 heterocycles. The molecule has 0 bridgehead atoms. The van der Waals surface area contributed by atoms with E-state index in [2.05, 4.69) is 17.1 Å². The molecule has 1 fully saturated rings. The fourth-order valence-corrected chi connectivity index (χ4v) is 2.43. The lowest BCUT2D eigenvalue weighted by Crippen LogP contribution is -2.16. The second-order valence-corrected chi connectivity index (χ2v) is 5.71. The first-order valence-corrected chi connectivity index (χ1v) is 7.33. The number of nitrogens with two attached hydrogens (primary N) is 1. The Hall–Kier alpha value is -0.940. The van der Waals surface area contributed by atoms with Crippen LogP contribution in [0.3, 0.4) is 0 Å². The first-order valence-electron chi connectivity index (χ1n) is 7.33. The van der Waals surface area contributed by atoms with Gasteiger partial charge in [0.25, 0.3) is 0 Å². The highest BCUT2D eigenvalue weighted by Crippen LogP contribution is 2.26. The number of hydrogen-bond donors (Lipinski definition) is 1. The summed E-state index contributed by atoms with van der Waals surface area (Å²) < 4.78 is 10.9. The molecule has 0 spiro atoms. The van der Waals surface area contributed by atoms with Crippen molar-refractivity contribution in [3.63, 3.8) is 0 Å². The standard InChI is InChI=1S/C14H25N3O2/c1-10(5-3-6-11(2)15)14-16-13(17-19-14)12-7-4-8-18-9-12/h10-12H,3-9,15H2,1-2H3. The smallest absolute Gasteiger partial charge is 0.229 e. The largest absolute Gasteiger partial charge is 0.381 e. The molecule has 1 aromatic rings. The molecule has 0 aliphatic carbocycles. The normalized spacial score (nSPS) is 23.2. The highest BCUT2D eigenvalue weighted by atomic mass is 16.5. The number of nitrogens with zero attached hydrogens (tertiary/aromatic N) is 2. The van der Waals surface area contributed by atoms with E-state index in [4.69, 9.17) is 15.0 Å². The third-order valence-corrected chi connectivity index (χ3v) is 3.70. The van der Waals surface area contributed by atoms with E-state index in [1.807, 2.05) is 6.92 Å². The Kier molecular flexibility index (Phi) is 5.34. The summed E-state index contributed by atoms with van der Waals surface area (Å²) >= 11 is 0. The van der Waals surface area contributed by atoms with Crippen LogP contribution in [0.4, 0.5) is 0 Å². The van der Waals surface area contributed by atoms with Gasteiger partial charge in [0.05, 0.1) is 6.61 Å². The first-order chi connectivity index (χ1) is 9.16. The molecule has 0 radical (unpaired) electrons. The summed E-state index contributed by atoms with van der Waals surface area (Å²) in [6.07, 6.45) is 5.37. The van der Waals surface area contributed by atoms with E-state index in [-0.39, 0.29) is 6.04 Å². The van der Waals surface area contributed by atoms with Crippen molar-refractivity contribution in [2.45, 2.75) is 63.8 Å². The maximum Gasteiger partial charge on any atom is 0.229 e. The van der Waals surface area contributed by atoms with Gasteiger partial charge in [-0.1, -0.05) is 18.5 Å². The van der Waals surface area contributed by atoms with Crippen molar-refractivity contribution >= 4 is 0 Å². The Balaban J connectivity index is 1.85.